The second kappa shape index (κ2) is 5.30. The topological polar surface area (TPSA) is 26.3 Å². The molecule has 0 radical (unpaired) electrons. The molecular weight excluding hydrogens is 322 g/mol. The molecule has 0 heterocycles. The molecule has 0 aliphatic heterocycles. The van der Waals surface area contributed by atoms with Crippen LogP contribution in [0.1, 0.15) is 0 Å². The fraction of sp³-hybridized carbons (Fsp3) is 0. The SMILES string of the molecule is [O]=[Al][O]c1c(F)c(F)c(F)c2c(F)c3c(F)cccc3cc12. The van der Waals surface area contributed by atoms with Crippen LogP contribution >= 0.6 is 0 Å². The van der Waals surface area contributed by atoms with Crippen molar-refractivity contribution in [3.8, 4) is 5.75 Å². The van der Waals surface area contributed by atoms with Gasteiger partial charge in [0.15, 0.2) is 0 Å². The fourth-order valence-corrected chi connectivity index (χ4v) is 2.67. The molecule has 0 saturated carbocycles. The Morgan fingerprint density at radius 1 is 0.864 bits per heavy atom. The first-order chi connectivity index (χ1) is 10.5. The summed E-state index contributed by atoms with van der Waals surface area (Å²) in [5.74, 6) is -8.73. The van der Waals surface area contributed by atoms with E-state index in [1.54, 1.807) is 0 Å². The van der Waals surface area contributed by atoms with E-state index in [-0.39, 0.29) is 5.39 Å². The van der Waals surface area contributed by atoms with Gasteiger partial charge in [0.25, 0.3) is 0 Å². The van der Waals surface area contributed by atoms with Crippen molar-refractivity contribution in [1.82, 2.24) is 0 Å². The van der Waals surface area contributed by atoms with Crippen molar-refractivity contribution in [1.29, 1.82) is 0 Å². The Kier molecular flexibility index (Phi) is 3.59. The summed E-state index contributed by atoms with van der Waals surface area (Å²) in [5.41, 5.74) is 0. The average molecular weight is 326 g/mol. The van der Waals surface area contributed by atoms with Gasteiger partial charge in [-0.1, -0.05) is 0 Å². The average Bonchev–Trinajstić information content (AvgIpc) is 2.49. The molecule has 110 valence electrons. The van der Waals surface area contributed by atoms with E-state index in [1.807, 2.05) is 0 Å². The summed E-state index contributed by atoms with van der Waals surface area (Å²) < 4.78 is 84.4. The summed E-state index contributed by atoms with van der Waals surface area (Å²) in [4.78, 5) is 0. The number of hydrogen-bond donors (Lipinski definition) is 0. The zero-order valence-corrected chi connectivity index (χ0v) is 11.7. The van der Waals surface area contributed by atoms with Crippen LogP contribution in [0.25, 0.3) is 21.5 Å². The van der Waals surface area contributed by atoms with Crippen LogP contribution in [0.5, 0.6) is 5.75 Å². The molecule has 0 saturated heterocycles. The third kappa shape index (κ3) is 1.99. The molecule has 0 unspecified atom stereocenters. The van der Waals surface area contributed by atoms with Crippen molar-refractivity contribution < 1.29 is 29.5 Å². The van der Waals surface area contributed by atoms with Gasteiger partial charge in [-0.15, -0.1) is 0 Å². The number of fused-ring (bicyclic) bond motifs is 2. The van der Waals surface area contributed by atoms with Gasteiger partial charge in [-0.2, -0.15) is 0 Å². The fourth-order valence-electron chi connectivity index (χ4n) is 2.34. The van der Waals surface area contributed by atoms with Crippen molar-refractivity contribution >= 4 is 37.0 Å². The Hall–Kier alpha value is -2.04. The van der Waals surface area contributed by atoms with E-state index >= 15 is 0 Å². The molecule has 0 aromatic heterocycles. The van der Waals surface area contributed by atoms with Crippen LogP contribution in [0.2, 0.25) is 0 Å². The number of benzene rings is 3. The normalized spacial score (nSPS) is 11.0. The summed E-state index contributed by atoms with van der Waals surface area (Å²) in [6, 6.07) is 4.59. The first-order valence-corrected chi connectivity index (χ1v) is 6.88. The molecule has 0 bridgehead atoms. The molecule has 0 aliphatic rings. The number of hydrogen-bond acceptors (Lipinski definition) is 2. The minimum atomic E-state index is -1.99. The van der Waals surface area contributed by atoms with Gasteiger partial charge in [0, 0.05) is 0 Å². The van der Waals surface area contributed by atoms with Crippen LogP contribution < -0.4 is 3.79 Å². The van der Waals surface area contributed by atoms with Gasteiger partial charge >= 0.3 is 126 Å². The molecule has 22 heavy (non-hydrogen) atoms. The Morgan fingerprint density at radius 3 is 2.27 bits per heavy atom. The summed E-state index contributed by atoms with van der Waals surface area (Å²) in [6.45, 7) is 0. The van der Waals surface area contributed by atoms with Gasteiger partial charge in [-0.25, -0.2) is 0 Å². The molecule has 2 nitrogen and oxygen atoms in total. The first-order valence-electron chi connectivity index (χ1n) is 5.94. The zero-order valence-electron chi connectivity index (χ0n) is 10.6. The summed E-state index contributed by atoms with van der Waals surface area (Å²) in [6.07, 6.45) is 0. The molecule has 0 aliphatic carbocycles. The van der Waals surface area contributed by atoms with Gasteiger partial charge in [-0.3, -0.25) is 0 Å². The van der Waals surface area contributed by atoms with E-state index in [2.05, 4.69) is 3.79 Å². The predicted octanol–water partition coefficient (Wildman–Crippen LogP) is 4.03. The molecule has 0 fully saturated rings. The molecule has 0 atom stereocenters. The van der Waals surface area contributed by atoms with E-state index in [0.29, 0.717) is 0 Å². The number of halogens is 5. The number of rotatable bonds is 2. The van der Waals surface area contributed by atoms with Crippen molar-refractivity contribution in [3.05, 3.63) is 53.4 Å². The Labute approximate surface area is 126 Å². The minimum absolute atomic E-state index is 0.00107. The van der Waals surface area contributed by atoms with Crippen LogP contribution in [0.4, 0.5) is 22.0 Å². The second-order valence-corrected chi connectivity index (χ2v) is 4.86. The second-order valence-electron chi connectivity index (χ2n) is 4.44. The molecular formula is C14H4AlF5O2. The molecule has 3 aromatic carbocycles. The third-order valence-electron chi connectivity index (χ3n) is 3.27. The summed E-state index contributed by atoms with van der Waals surface area (Å²) in [7, 11) is 0. The van der Waals surface area contributed by atoms with Gasteiger partial charge in [0.1, 0.15) is 0 Å². The Balaban J connectivity index is 2.63. The Morgan fingerprint density at radius 2 is 1.59 bits per heavy atom. The first kappa shape index (κ1) is 14.9. The van der Waals surface area contributed by atoms with Gasteiger partial charge in [0.05, 0.1) is 0 Å². The molecule has 3 rings (SSSR count). The van der Waals surface area contributed by atoms with Crippen LogP contribution in [0, 0.1) is 29.1 Å². The molecule has 8 heteroatoms. The van der Waals surface area contributed by atoms with Crippen molar-refractivity contribution in [3.63, 3.8) is 0 Å². The van der Waals surface area contributed by atoms with E-state index in [1.165, 1.54) is 12.1 Å². The van der Waals surface area contributed by atoms with Gasteiger partial charge in [0.2, 0.25) is 0 Å². The standard InChI is InChI=1S/C14H5F5O.Al.O/c15-7-3-1-2-5-4-6-9(10(16)8(5)7)11(17)12(18)13(19)14(6)20;;/h1-4,20H;;/q;+1;/p-1. The maximum absolute atomic E-state index is 14.4. The van der Waals surface area contributed by atoms with Crippen molar-refractivity contribution in [2.45, 2.75) is 0 Å². The summed E-state index contributed by atoms with van der Waals surface area (Å²) >= 11 is -1.99. The molecule has 0 amide bonds. The van der Waals surface area contributed by atoms with E-state index in [0.717, 1.165) is 12.1 Å². The predicted molar refractivity (Wildman–Crippen MR) is 68.3 cm³/mol. The monoisotopic (exact) mass is 326 g/mol. The molecule has 0 N–H and O–H groups in total. The molecule has 0 spiro atoms. The van der Waals surface area contributed by atoms with Crippen LogP contribution in [-0.4, -0.2) is 15.5 Å². The van der Waals surface area contributed by atoms with E-state index < -0.39 is 66.5 Å². The van der Waals surface area contributed by atoms with Gasteiger partial charge in [-0.05, 0) is 0 Å². The van der Waals surface area contributed by atoms with Crippen molar-refractivity contribution in [2.75, 3.05) is 0 Å². The van der Waals surface area contributed by atoms with Gasteiger partial charge < -0.3 is 0 Å². The zero-order chi connectivity index (χ0) is 16.0. The maximum atomic E-state index is 14.4. The summed E-state index contributed by atoms with van der Waals surface area (Å²) in [5, 5.41) is -1.98. The van der Waals surface area contributed by atoms with Crippen LogP contribution in [-0.2, 0) is 3.80 Å². The van der Waals surface area contributed by atoms with Crippen LogP contribution in [0.3, 0.4) is 0 Å². The molecule has 3 aromatic rings. The van der Waals surface area contributed by atoms with E-state index in [4.69, 9.17) is 0 Å². The van der Waals surface area contributed by atoms with E-state index in [9.17, 15) is 25.8 Å². The Bertz CT molecular complexity index is 942. The quantitative estimate of drug-likeness (QED) is 0.308. The van der Waals surface area contributed by atoms with Crippen LogP contribution in [0.15, 0.2) is 24.3 Å². The van der Waals surface area contributed by atoms with Crippen molar-refractivity contribution in [2.24, 2.45) is 0 Å². The third-order valence-corrected chi connectivity index (χ3v) is 3.60.